The number of aromatic nitrogens is 2. The Morgan fingerprint density at radius 1 is 1.10 bits per heavy atom. The van der Waals surface area contributed by atoms with Crippen LogP contribution in [0.25, 0.3) is 11.0 Å². The van der Waals surface area contributed by atoms with Crippen LogP contribution in [0.2, 0.25) is 5.02 Å². The maximum atomic E-state index is 12.6. The summed E-state index contributed by atoms with van der Waals surface area (Å²) >= 11 is 5.87. The van der Waals surface area contributed by atoms with Crippen molar-refractivity contribution in [1.82, 2.24) is 9.97 Å². The van der Waals surface area contributed by atoms with Crippen LogP contribution in [0.15, 0.2) is 42.5 Å². The highest BCUT2D eigenvalue weighted by molar-refractivity contribution is 6.30. The maximum absolute atomic E-state index is 12.6. The van der Waals surface area contributed by atoms with Gasteiger partial charge in [-0.2, -0.15) is 13.2 Å². The van der Waals surface area contributed by atoms with Gasteiger partial charge < -0.3 is 10.3 Å². The van der Waals surface area contributed by atoms with E-state index in [1.165, 1.54) is 6.07 Å². The van der Waals surface area contributed by atoms with Crippen LogP contribution >= 0.6 is 11.6 Å². The molecule has 0 spiro atoms. The van der Waals surface area contributed by atoms with Crippen LogP contribution in [0, 0.1) is 0 Å². The highest BCUT2D eigenvalue weighted by atomic mass is 35.5. The number of nitrogens with one attached hydrogen (secondary N) is 2. The van der Waals surface area contributed by atoms with Gasteiger partial charge in [0.1, 0.15) is 0 Å². The fourth-order valence-corrected chi connectivity index (χ4v) is 2.14. The van der Waals surface area contributed by atoms with Gasteiger partial charge in [-0.3, -0.25) is 0 Å². The minimum Gasteiger partial charge on any atom is -0.326 e. The van der Waals surface area contributed by atoms with Crippen molar-refractivity contribution in [2.45, 2.75) is 6.18 Å². The molecule has 0 radical (unpaired) electrons. The summed E-state index contributed by atoms with van der Waals surface area (Å²) in [6, 6.07) is 10.3. The Kier molecular flexibility index (Phi) is 3.25. The Labute approximate surface area is 122 Å². The van der Waals surface area contributed by atoms with Crippen LogP contribution in [-0.4, -0.2) is 9.97 Å². The zero-order chi connectivity index (χ0) is 15.0. The minimum absolute atomic E-state index is 0.314. The molecule has 0 saturated carbocycles. The number of H-pyrrole nitrogens is 1. The molecule has 0 unspecified atom stereocenters. The molecule has 0 saturated heterocycles. The van der Waals surface area contributed by atoms with Crippen LogP contribution in [0.5, 0.6) is 0 Å². The van der Waals surface area contributed by atoms with Gasteiger partial charge in [-0.25, -0.2) is 4.98 Å². The molecule has 108 valence electrons. The van der Waals surface area contributed by atoms with Crippen LogP contribution in [0.3, 0.4) is 0 Å². The number of nitrogens with zero attached hydrogens (tertiary/aromatic N) is 1. The summed E-state index contributed by atoms with van der Waals surface area (Å²) in [6.07, 6.45) is -4.38. The monoisotopic (exact) mass is 311 g/mol. The van der Waals surface area contributed by atoms with E-state index in [-0.39, 0.29) is 0 Å². The standard InChI is InChI=1S/C14H9ClF3N3/c15-9-2-1-3-10(7-9)19-13-20-11-5-4-8(14(16,17)18)6-12(11)21-13/h1-7H,(H2,19,20,21). The van der Waals surface area contributed by atoms with Crippen molar-refractivity contribution in [3.63, 3.8) is 0 Å². The molecule has 21 heavy (non-hydrogen) atoms. The molecule has 3 nitrogen and oxygen atoms in total. The lowest BCUT2D eigenvalue weighted by atomic mass is 10.2. The van der Waals surface area contributed by atoms with E-state index in [0.717, 1.165) is 12.1 Å². The molecule has 1 aromatic heterocycles. The van der Waals surface area contributed by atoms with Gasteiger partial charge in [0.2, 0.25) is 5.95 Å². The predicted octanol–water partition coefficient (Wildman–Crippen LogP) is 4.98. The third kappa shape index (κ3) is 2.95. The number of hydrogen-bond donors (Lipinski definition) is 2. The second-order valence-electron chi connectivity index (χ2n) is 4.45. The molecule has 0 aliphatic carbocycles. The number of fused-ring (bicyclic) bond motifs is 1. The van der Waals surface area contributed by atoms with Gasteiger partial charge in [0.25, 0.3) is 0 Å². The summed E-state index contributed by atoms with van der Waals surface area (Å²) in [6.45, 7) is 0. The molecule has 3 aromatic rings. The van der Waals surface area contributed by atoms with Crippen molar-refractivity contribution < 1.29 is 13.2 Å². The normalized spacial score (nSPS) is 11.8. The molecule has 0 fully saturated rings. The first-order valence-corrected chi connectivity index (χ1v) is 6.39. The molecule has 0 bridgehead atoms. The summed E-state index contributed by atoms with van der Waals surface area (Å²) in [7, 11) is 0. The number of imidazole rings is 1. The van der Waals surface area contributed by atoms with Gasteiger partial charge in [0, 0.05) is 10.7 Å². The van der Waals surface area contributed by atoms with Gasteiger partial charge in [-0.05, 0) is 36.4 Å². The topological polar surface area (TPSA) is 40.7 Å². The molecule has 0 aliphatic rings. The molecule has 2 N–H and O–H groups in total. The third-order valence-corrected chi connectivity index (χ3v) is 3.13. The molecular formula is C14H9ClF3N3. The van der Waals surface area contributed by atoms with Gasteiger partial charge in [0.05, 0.1) is 16.6 Å². The lowest BCUT2D eigenvalue weighted by molar-refractivity contribution is -0.137. The average molecular weight is 312 g/mol. The Morgan fingerprint density at radius 2 is 1.90 bits per heavy atom. The number of benzene rings is 2. The SMILES string of the molecule is FC(F)(F)c1ccc2nc(Nc3cccc(Cl)c3)[nH]c2c1. The van der Waals surface area contributed by atoms with E-state index >= 15 is 0 Å². The minimum atomic E-state index is -4.38. The predicted molar refractivity (Wildman–Crippen MR) is 75.8 cm³/mol. The molecule has 2 aromatic carbocycles. The van der Waals surface area contributed by atoms with Gasteiger partial charge in [0.15, 0.2) is 0 Å². The Balaban J connectivity index is 1.94. The molecule has 7 heteroatoms. The van der Waals surface area contributed by atoms with Crippen molar-refractivity contribution in [3.8, 4) is 0 Å². The fraction of sp³-hybridized carbons (Fsp3) is 0.0714. The highest BCUT2D eigenvalue weighted by Crippen LogP contribution is 2.31. The van der Waals surface area contributed by atoms with Crippen molar-refractivity contribution in [3.05, 3.63) is 53.1 Å². The Morgan fingerprint density at radius 3 is 2.62 bits per heavy atom. The van der Waals surface area contributed by atoms with E-state index in [2.05, 4.69) is 15.3 Å². The Bertz CT molecular complexity index is 796. The number of aromatic amines is 1. The first-order chi connectivity index (χ1) is 9.91. The summed E-state index contributed by atoms with van der Waals surface area (Å²) < 4.78 is 37.9. The number of alkyl halides is 3. The zero-order valence-corrected chi connectivity index (χ0v) is 11.3. The number of rotatable bonds is 2. The van der Waals surface area contributed by atoms with Crippen molar-refractivity contribution in [2.75, 3.05) is 5.32 Å². The van der Waals surface area contributed by atoms with E-state index in [9.17, 15) is 13.2 Å². The lowest BCUT2D eigenvalue weighted by Crippen LogP contribution is -2.04. The summed E-state index contributed by atoms with van der Waals surface area (Å²) in [5.74, 6) is 0.353. The summed E-state index contributed by atoms with van der Waals surface area (Å²) in [5.41, 5.74) is 0.743. The van der Waals surface area contributed by atoms with E-state index in [1.807, 2.05) is 0 Å². The molecule has 0 atom stereocenters. The number of halogens is 4. The first kappa shape index (κ1) is 13.8. The third-order valence-electron chi connectivity index (χ3n) is 2.90. The van der Waals surface area contributed by atoms with E-state index in [4.69, 9.17) is 11.6 Å². The molecule has 0 aliphatic heterocycles. The van der Waals surface area contributed by atoms with Crippen molar-refractivity contribution in [2.24, 2.45) is 0 Å². The van der Waals surface area contributed by atoms with E-state index in [1.54, 1.807) is 24.3 Å². The summed E-state index contributed by atoms with van der Waals surface area (Å²) in [4.78, 5) is 6.99. The van der Waals surface area contributed by atoms with Gasteiger partial charge in [-0.15, -0.1) is 0 Å². The molecule has 3 rings (SSSR count). The number of anilines is 2. The van der Waals surface area contributed by atoms with Crippen molar-refractivity contribution in [1.29, 1.82) is 0 Å². The second-order valence-corrected chi connectivity index (χ2v) is 4.89. The second kappa shape index (κ2) is 4.96. The van der Waals surface area contributed by atoms with Crippen LogP contribution < -0.4 is 5.32 Å². The lowest BCUT2D eigenvalue weighted by Gasteiger charge is -2.05. The van der Waals surface area contributed by atoms with Crippen LogP contribution in [-0.2, 0) is 6.18 Å². The quantitative estimate of drug-likeness (QED) is 0.701. The molecular weight excluding hydrogens is 303 g/mol. The van der Waals surface area contributed by atoms with Crippen molar-refractivity contribution >= 4 is 34.3 Å². The van der Waals surface area contributed by atoms with E-state index in [0.29, 0.717) is 27.7 Å². The Hall–Kier alpha value is -2.21. The first-order valence-electron chi connectivity index (χ1n) is 6.01. The van der Waals surface area contributed by atoms with Crippen LogP contribution in [0.1, 0.15) is 5.56 Å². The number of hydrogen-bond acceptors (Lipinski definition) is 2. The maximum Gasteiger partial charge on any atom is 0.416 e. The zero-order valence-electron chi connectivity index (χ0n) is 10.5. The average Bonchev–Trinajstić information content (AvgIpc) is 2.78. The molecule has 0 amide bonds. The fourth-order valence-electron chi connectivity index (χ4n) is 1.95. The highest BCUT2D eigenvalue weighted by Gasteiger charge is 2.30. The van der Waals surface area contributed by atoms with Crippen LogP contribution in [0.4, 0.5) is 24.8 Å². The summed E-state index contributed by atoms with van der Waals surface area (Å²) in [5, 5.41) is 3.51. The largest absolute Gasteiger partial charge is 0.416 e. The smallest absolute Gasteiger partial charge is 0.326 e. The van der Waals surface area contributed by atoms with Gasteiger partial charge in [-0.1, -0.05) is 17.7 Å². The van der Waals surface area contributed by atoms with E-state index < -0.39 is 11.7 Å². The molecule has 1 heterocycles. The van der Waals surface area contributed by atoms with Gasteiger partial charge >= 0.3 is 6.18 Å².